The maximum atomic E-state index is 12.8. The monoisotopic (exact) mass is 324 g/mol. The lowest BCUT2D eigenvalue weighted by Gasteiger charge is -2.22. The molecule has 0 aliphatic heterocycles. The van der Waals surface area contributed by atoms with Gasteiger partial charge in [-0.05, 0) is 31.2 Å². The molecule has 6 nitrogen and oxygen atoms in total. The second-order valence-corrected chi connectivity index (χ2v) is 8.11. The summed E-state index contributed by atoms with van der Waals surface area (Å²) in [6.07, 6.45) is 1.00. The lowest BCUT2D eigenvalue weighted by Crippen LogP contribution is -2.38. The maximum absolute atomic E-state index is 12.8. The Hall–Kier alpha value is -1.19. The van der Waals surface area contributed by atoms with Gasteiger partial charge in [-0.2, -0.15) is 0 Å². The number of nitrogens with one attached hydrogen (secondary N) is 1. The summed E-state index contributed by atoms with van der Waals surface area (Å²) >= 11 is 0. The highest BCUT2D eigenvalue weighted by Gasteiger charge is 2.18. The van der Waals surface area contributed by atoms with Crippen molar-refractivity contribution in [1.29, 1.82) is 0 Å². The van der Waals surface area contributed by atoms with Crippen molar-refractivity contribution < 1.29 is 21.2 Å². The fourth-order valence-corrected chi connectivity index (χ4v) is 3.03. The number of nitrogens with zero attached hydrogens (tertiary/aromatic N) is 1. The molecular weight excluding hydrogens is 307 g/mol. The van der Waals surface area contributed by atoms with Crippen LogP contribution in [0.25, 0.3) is 0 Å². The van der Waals surface area contributed by atoms with E-state index < -0.39 is 25.9 Å². The number of hydrogen-bond donors (Lipinski definition) is 1. The summed E-state index contributed by atoms with van der Waals surface area (Å²) in [5.41, 5.74) is 0.282. The van der Waals surface area contributed by atoms with Crippen LogP contribution in [0.4, 0.5) is 10.1 Å². The van der Waals surface area contributed by atoms with Crippen LogP contribution in [0.1, 0.15) is 6.92 Å². The average Bonchev–Trinajstić information content (AvgIpc) is 2.35. The second-order valence-electron chi connectivity index (χ2n) is 4.11. The van der Waals surface area contributed by atoms with Gasteiger partial charge in [0.2, 0.25) is 20.0 Å². The average molecular weight is 324 g/mol. The van der Waals surface area contributed by atoms with Crippen LogP contribution in [0.15, 0.2) is 24.3 Å². The van der Waals surface area contributed by atoms with E-state index >= 15 is 0 Å². The second kappa shape index (κ2) is 6.51. The third kappa shape index (κ3) is 5.06. The summed E-state index contributed by atoms with van der Waals surface area (Å²) in [5, 5.41) is 0. The number of sulfonamides is 2. The molecule has 0 spiro atoms. The van der Waals surface area contributed by atoms with Crippen LogP contribution in [0.5, 0.6) is 0 Å². The van der Waals surface area contributed by atoms with Gasteiger partial charge < -0.3 is 0 Å². The van der Waals surface area contributed by atoms with Crippen molar-refractivity contribution in [1.82, 2.24) is 4.72 Å². The zero-order valence-electron chi connectivity index (χ0n) is 11.2. The molecule has 0 bridgehead atoms. The van der Waals surface area contributed by atoms with E-state index in [2.05, 4.69) is 4.72 Å². The molecule has 1 rings (SSSR count). The predicted molar refractivity (Wildman–Crippen MR) is 76.1 cm³/mol. The molecule has 0 aromatic heterocycles. The molecule has 1 aromatic rings. The van der Waals surface area contributed by atoms with Crippen LogP contribution in [0.3, 0.4) is 0 Å². The molecule has 1 aromatic carbocycles. The van der Waals surface area contributed by atoms with E-state index in [1.807, 2.05) is 0 Å². The Kier molecular flexibility index (Phi) is 5.49. The van der Waals surface area contributed by atoms with E-state index in [4.69, 9.17) is 0 Å². The van der Waals surface area contributed by atoms with Gasteiger partial charge in [-0.1, -0.05) is 0 Å². The van der Waals surface area contributed by atoms with Crippen LogP contribution in [-0.4, -0.2) is 41.9 Å². The molecule has 0 fully saturated rings. The molecule has 0 aliphatic carbocycles. The summed E-state index contributed by atoms with van der Waals surface area (Å²) < 4.78 is 62.1. The minimum absolute atomic E-state index is 0.0549. The Morgan fingerprint density at radius 3 is 2.15 bits per heavy atom. The fraction of sp³-hybridized carbons (Fsp3) is 0.455. The highest BCUT2D eigenvalue weighted by Crippen LogP contribution is 2.17. The van der Waals surface area contributed by atoms with Crippen LogP contribution in [0.2, 0.25) is 0 Å². The first kappa shape index (κ1) is 16.9. The van der Waals surface area contributed by atoms with E-state index in [1.165, 1.54) is 19.1 Å². The van der Waals surface area contributed by atoms with Crippen molar-refractivity contribution in [3.05, 3.63) is 30.1 Å². The first-order valence-corrected chi connectivity index (χ1v) is 9.36. The summed E-state index contributed by atoms with van der Waals surface area (Å²) in [6.45, 7) is 1.36. The van der Waals surface area contributed by atoms with Gasteiger partial charge in [0, 0.05) is 13.1 Å². The first-order chi connectivity index (χ1) is 9.15. The summed E-state index contributed by atoms with van der Waals surface area (Å²) in [4.78, 5) is 0. The van der Waals surface area contributed by atoms with Gasteiger partial charge in [0.1, 0.15) is 5.82 Å². The van der Waals surface area contributed by atoms with Crippen LogP contribution < -0.4 is 9.03 Å². The normalized spacial score (nSPS) is 12.3. The minimum atomic E-state index is -3.58. The smallest absolute Gasteiger partial charge is 0.232 e. The molecule has 20 heavy (non-hydrogen) atoms. The lowest BCUT2D eigenvalue weighted by molar-refractivity contribution is 0.579. The number of rotatable bonds is 7. The van der Waals surface area contributed by atoms with E-state index in [1.54, 1.807) is 0 Å². The molecule has 0 saturated carbocycles. The van der Waals surface area contributed by atoms with E-state index in [0.29, 0.717) is 0 Å². The molecule has 0 unspecified atom stereocenters. The largest absolute Gasteiger partial charge is 0.269 e. The predicted octanol–water partition coefficient (Wildman–Crippen LogP) is 0.531. The number of anilines is 1. The number of halogens is 1. The Balaban J connectivity index is 2.85. The standard InChI is InChI=1S/C11H17FN2O4S2/c1-3-20(17,18)13-8-9-14(19(2,15)16)11-6-4-10(12)5-7-11/h4-7,13H,3,8-9H2,1-2H3. The molecule has 0 radical (unpaired) electrons. The van der Waals surface area contributed by atoms with E-state index in [-0.39, 0.29) is 24.5 Å². The van der Waals surface area contributed by atoms with Gasteiger partial charge in [0.25, 0.3) is 0 Å². The van der Waals surface area contributed by atoms with Crippen molar-refractivity contribution in [2.75, 3.05) is 29.4 Å². The number of benzene rings is 1. The first-order valence-electron chi connectivity index (χ1n) is 5.86. The maximum Gasteiger partial charge on any atom is 0.232 e. The Morgan fingerprint density at radius 1 is 1.15 bits per heavy atom. The third-order valence-corrected chi connectivity index (χ3v) is 5.13. The Bertz CT molecular complexity index is 642. The molecule has 0 saturated heterocycles. The zero-order chi connectivity index (χ0) is 15.4. The van der Waals surface area contributed by atoms with Crippen LogP contribution >= 0.6 is 0 Å². The van der Waals surface area contributed by atoms with Crippen molar-refractivity contribution >= 4 is 25.7 Å². The topological polar surface area (TPSA) is 83.6 Å². The summed E-state index contributed by atoms with van der Waals surface area (Å²) in [6, 6.07) is 4.93. The van der Waals surface area contributed by atoms with Crippen molar-refractivity contribution in [2.45, 2.75) is 6.92 Å². The highest BCUT2D eigenvalue weighted by molar-refractivity contribution is 7.92. The van der Waals surface area contributed by atoms with E-state index in [9.17, 15) is 21.2 Å². The van der Waals surface area contributed by atoms with Crippen molar-refractivity contribution in [3.8, 4) is 0 Å². The van der Waals surface area contributed by atoms with E-state index in [0.717, 1.165) is 22.7 Å². The summed E-state index contributed by atoms with van der Waals surface area (Å²) in [5.74, 6) is -0.559. The quantitative estimate of drug-likeness (QED) is 0.793. The minimum Gasteiger partial charge on any atom is -0.269 e. The fourth-order valence-electron chi connectivity index (χ4n) is 1.50. The molecule has 0 heterocycles. The van der Waals surface area contributed by atoms with Crippen LogP contribution in [-0.2, 0) is 20.0 Å². The van der Waals surface area contributed by atoms with Gasteiger partial charge in [0.15, 0.2) is 0 Å². The highest BCUT2D eigenvalue weighted by atomic mass is 32.2. The Labute approximate surface area is 118 Å². The molecule has 0 aliphatic rings. The SMILES string of the molecule is CCS(=O)(=O)NCCN(c1ccc(F)cc1)S(C)(=O)=O. The molecule has 1 N–H and O–H groups in total. The van der Waals surface area contributed by atoms with Crippen LogP contribution in [0, 0.1) is 5.82 Å². The molecule has 0 amide bonds. The van der Waals surface area contributed by atoms with Gasteiger partial charge in [-0.15, -0.1) is 0 Å². The molecular formula is C11H17FN2O4S2. The van der Waals surface area contributed by atoms with Crippen molar-refractivity contribution in [3.63, 3.8) is 0 Å². The molecule has 0 atom stereocenters. The van der Waals surface area contributed by atoms with Gasteiger partial charge in [-0.3, -0.25) is 4.31 Å². The van der Waals surface area contributed by atoms with Gasteiger partial charge in [0.05, 0.1) is 17.7 Å². The number of hydrogen-bond acceptors (Lipinski definition) is 4. The van der Waals surface area contributed by atoms with Gasteiger partial charge in [-0.25, -0.2) is 25.9 Å². The van der Waals surface area contributed by atoms with Crippen molar-refractivity contribution in [2.24, 2.45) is 0 Å². The zero-order valence-corrected chi connectivity index (χ0v) is 12.8. The molecule has 114 valence electrons. The van der Waals surface area contributed by atoms with Gasteiger partial charge >= 0.3 is 0 Å². The summed E-state index contributed by atoms with van der Waals surface area (Å²) in [7, 11) is -6.96. The Morgan fingerprint density at radius 2 is 1.70 bits per heavy atom. The lowest BCUT2D eigenvalue weighted by atomic mass is 10.3. The third-order valence-electron chi connectivity index (χ3n) is 2.53. The molecule has 9 heteroatoms.